The lowest BCUT2D eigenvalue weighted by Gasteiger charge is -2.37. The molecule has 0 bridgehead atoms. The van der Waals surface area contributed by atoms with Gasteiger partial charge < -0.3 is 9.47 Å². The van der Waals surface area contributed by atoms with Gasteiger partial charge in [0, 0.05) is 19.0 Å². The summed E-state index contributed by atoms with van der Waals surface area (Å²) in [7, 11) is 0. The molecule has 2 rings (SSSR count). The van der Waals surface area contributed by atoms with Crippen molar-refractivity contribution in [1.29, 1.82) is 0 Å². The fourth-order valence-electron chi connectivity index (χ4n) is 1.93. The summed E-state index contributed by atoms with van der Waals surface area (Å²) in [6, 6.07) is 7.76. The molecule has 3 nitrogen and oxygen atoms in total. The van der Waals surface area contributed by atoms with Crippen molar-refractivity contribution in [3.05, 3.63) is 24.3 Å². The maximum absolute atomic E-state index is 5.76. The maximum atomic E-state index is 5.76. The van der Waals surface area contributed by atoms with Gasteiger partial charge in [-0.3, -0.25) is 4.90 Å². The van der Waals surface area contributed by atoms with Crippen molar-refractivity contribution in [2.75, 3.05) is 25.7 Å². The van der Waals surface area contributed by atoms with Crippen molar-refractivity contribution in [3.8, 4) is 11.5 Å². The normalized spacial score (nSPS) is 16.7. The molecular formula is C14H20ClNO2. The van der Waals surface area contributed by atoms with Crippen LogP contribution < -0.4 is 9.47 Å². The van der Waals surface area contributed by atoms with Gasteiger partial charge in [-0.1, -0.05) is 0 Å². The average Bonchev–Trinajstić information content (AvgIpc) is 2.29. The van der Waals surface area contributed by atoms with E-state index in [0.717, 1.165) is 30.5 Å². The number of alkyl halides is 1. The third-order valence-corrected chi connectivity index (χ3v) is 3.30. The second kappa shape index (κ2) is 6.30. The molecule has 4 heteroatoms. The van der Waals surface area contributed by atoms with Crippen LogP contribution in [0.25, 0.3) is 0 Å². The highest BCUT2D eigenvalue weighted by Gasteiger charge is 2.25. The van der Waals surface area contributed by atoms with Crippen LogP contribution in [0.15, 0.2) is 24.3 Å². The van der Waals surface area contributed by atoms with Crippen LogP contribution in [0.3, 0.4) is 0 Å². The number of rotatable bonds is 6. The minimum Gasteiger partial charge on any atom is -0.491 e. The second-order valence-corrected chi connectivity index (χ2v) is 5.28. The summed E-state index contributed by atoms with van der Waals surface area (Å²) in [5.41, 5.74) is 0. The summed E-state index contributed by atoms with van der Waals surface area (Å²) in [5, 5.41) is 0. The molecule has 1 aromatic carbocycles. The lowest BCUT2D eigenvalue weighted by atomic mass is 10.0. The van der Waals surface area contributed by atoms with Crippen LogP contribution in [0.5, 0.6) is 11.5 Å². The highest BCUT2D eigenvalue weighted by atomic mass is 35.5. The molecular weight excluding hydrogens is 250 g/mol. The van der Waals surface area contributed by atoms with Crippen molar-refractivity contribution < 1.29 is 9.47 Å². The molecule has 0 aliphatic carbocycles. The van der Waals surface area contributed by atoms with Crippen LogP contribution in [0.2, 0.25) is 0 Å². The molecule has 0 atom stereocenters. The first-order chi connectivity index (χ1) is 8.67. The summed E-state index contributed by atoms with van der Waals surface area (Å²) in [6.45, 7) is 6.75. The number of halogens is 1. The van der Waals surface area contributed by atoms with E-state index in [2.05, 4.69) is 4.90 Å². The van der Waals surface area contributed by atoms with Gasteiger partial charge in [0.05, 0.1) is 6.10 Å². The number of nitrogens with zero attached hydrogens (tertiary/aromatic N) is 1. The summed E-state index contributed by atoms with van der Waals surface area (Å²) in [6.07, 6.45) is 0.199. The highest BCUT2D eigenvalue weighted by Crippen LogP contribution is 2.20. The quantitative estimate of drug-likeness (QED) is 0.741. The fourth-order valence-corrected chi connectivity index (χ4v) is 2.13. The summed E-state index contributed by atoms with van der Waals surface area (Å²) in [4.78, 5) is 2.24. The van der Waals surface area contributed by atoms with Gasteiger partial charge in [0.1, 0.15) is 18.2 Å². The van der Waals surface area contributed by atoms with E-state index >= 15 is 0 Å². The largest absolute Gasteiger partial charge is 0.491 e. The minimum absolute atomic E-state index is 0.199. The topological polar surface area (TPSA) is 21.7 Å². The van der Waals surface area contributed by atoms with Crippen LogP contribution in [-0.2, 0) is 0 Å². The number of ether oxygens (including phenoxy) is 2. The number of benzene rings is 1. The zero-order chi connectivity index (χ0) is 13.0. The Bertz CT molecular complexity index is 361. The van der Waals surface area contributed by atoms with Gasteiger partial charge in [0.2, 0.25) is 0 Å². The molecule has 0 spiro atoms. The van der Waals surface area contributed by atoms with Gasteiger partial charge in [-0.05, 0) is 44.0 Å². The second-order valence-electron chi connectivity index (χ2n) is 4.97. The van der Waals surface area contributed by atoms with E-state index in [1.807, 2.05) is 38.1 Å². The first-order valence-corrected chi connectivity index (χ1v) is 6.88. The Morgan fingerprint density at radius 3 is 2.39 bits per heavy atom. The number of hydrogen-bond donors (Lipinski definition) is 0. The van der Waals surface area contributed by atoms with Crippen LogP contribution in [0, 0.1) is 5.92 Å². The van der Waals surface area contributed by atoms with E-state index in [9.17, 15) is 0 Å². The van der Waals surface area contributed by atoms with Gasteiger partial charge in [0.25, 0.3) is 0 Å². The molecule has 0 N–H and O–H groups in total. The van der Waals surface area contributed by atoms with Gasteiger partial charge in [-0.15, -0.1) is 11.6 Å². The fraction of sp³-hybridized carbons (Fsp3) is 0.571. The zero-order valence-corrected chi connectivity index (χ0v) is 11.7. The smallest absolute Gasteiger partial charge is 0.142 e. The lowest BCUT2D eigenvalue weighted by Crippen LogP contribution is -2.49. The predicted molar refractivity (Wildman–Crippen MR) is 73.5 cm³/mol. The minimum atomic E-state index is 0.199. The Hall–Kier alpha value is -0.930. The zero-order valence-electron chi connectivity index (χ0n) is 10.9. The van der Waals surface area contributed by atoms with Crippen LogP contribution >= 0.6 is 11.6 Å². The van der Waals surface area contributed by atoms with Crippen molar-refractivity contribution in [1.82, 2.24) is 4.90 Å². The Morgan fingerprint density at radius 2 is 1.83 bits per heavy atom. The van der Waals surface area contributed by atoms with Gasteiger partial charge >= 0.3 is 0 Å². The monoisotopic (exact) mass is 269 g/mol. The Labute approximate surface area is 114 Å². The van der Waals surface area contributed by atoms with Crippen molar-refractivity contribution in [2.45, 2.75) is 20.0 Å². The molecule has 100 valence electrons. The van der Waals surface area contributed by atoms with E-state index < -0.39 is 0 Å². The molecule has 1 saturated heterocycles. The molecule has 0 saturated carbocycles. The molecule has 1 aliphatic heterocycles. The third-order valence-electron chi connectivity index (χ3n) is 2.86. The Kier molecular flexibility index (Phi) is 4.72. The van der Waals surface area contributed by atoms with E-state index in [0.29, 0.717) is 12.6 Å². The van der Waals surface area contributed by atoms with Crippen LogP contribution in [-0.4, -0.2) is 36.7 Å². The molecule has 1 aromatic rings. The van der Waals surface area contributed by atoms with Crippen molar-refractivity contribution >= 4 is 11.6 Å². The first kappa shape index (κ1) is 13.5. The SMILES string of the molecule is CC(C)Oc1ccc(OCN2CC(CCl)C2)cc1. The first-order valence-electron chi connectivity index (χ1n) is 6.35. The molecule has 0 unspecified atom stereocenters. The van der Waals surface area contributed by atoms with E-state index in [4.69, 9.17) is 21.1 Å². The van der Waals surface area contributed by atoms with E-state index in [1.165, 1.54) is 0 Å². The van der Waals surface area contributed by atoms with E-state index in [-0.39, 0.29) is 6.10 Å². The molecule has 18 heavy (non-hydrogen) atoms. The highest BCUT2D eigenvalue weighted by molar-refractivity contribution is 6.18. The number of hydrogen-bond acceptors (Lipinski definition) is 3. The third kappa shape index (κ3) is 3.79. The molecule has 0 amide bonds. The maximum Gasteiger partial charge on any atom is 0.142 e. The average molecular weight is 270 g/mol. The number of likely N-dealkylation sites (tertiary alicyclic amines) is 1. The Morgan fingerprint density at radius 1 is 1.22 bits per heavy atom. The molecule has 0 aromatic heterocycles. The standard InChI is InChI=1S/C14H20ClNO2/c1-11(2)18-14-5-3-13(4-6-14)17-10-16-8-12(7-15)9-16/h3-6,11-12H,7-10H2,1-2H3. The van der Waals surface area contributed by atoms with Crippen molar-refractivity contribution in [3.63, 3.8) is 0 Å². The van der Waals surface area contributed by atoms with Crippen LogP contribution in [0.1, 0.15) is 13.8 Å². The lowest BCUT2D eigenvalue weighted by molar-refractivity contribution is 0.0341. The summed E-state index contributed by atoms with van der Waals surface area (Å²) < 4.78 is 11.3. The van der Waals surface area contributed by atoms with Gasteiger partial charge in [0.15, 0.2) is 0 Å². The molecule has 1 fully saturated rings. The van der Waals surface area contributed by atoms with Gasteiger partial charge in [-0.25, -0.2) is 0 Å². The summed E-state index contributed by atoms with van der Waals surface area (Å²) >= 11 is 5.76. The molecule has 1 aliphatic rings. The molecule has 1 heterocycles. The van der Waals surface area contributed by atoms with Gasteiger partial charge in [-0.2, -0.15) is 0 Å². The summed E-state index contributed by atoms with van der Waals surface area (Å²) in [5.74, 6) is 3.14. The molecule has 0 radical (unpaired) electrons. The van der Waals surface area contributed by atoms with Crippen LogP contribution in [0.4, 0.5) is 0 Å². The predicted octanol–water partition coefficient (Wildman–Crippen LogP) is 2.98. The van der Waals surface area contributed by atoms with Crippen molar-refractivity contribution in [2.24, 2.45) is 5.92 Å². The van der Waals surface area contributed by atoms with E-state index in [1.54, 1.807) is 0 Å². The Balaban J connectivity index is 1.73.